The molecule has 130 valence electrons. The minimum atomic E-state index is -1.29. The highest BCUT2D eigenvalue weighted by Crippen LogP contribution is 2.56. The highest BCUT2D eigenvalue weighted by molar-refractivity contribution is 7.83. The number of hydrogen-bond donors (Lipinski definition) is 2. The van der Waals surface area contributed by atoms with Gasteiger partial charge in [0.1, 0.15) is 19.6 Å². The first-order valence-corrected chi connectivity index (χ1v) is 12.5. The zero-order valence-electron chi connectivity index (χ0n) is 14.9. The van der Waals surface area contributed by atoms with Crippen LogP contribution in [0.5, 0.6) is 0 Å². The Morgan fingerprint density at radius 2 is 1.91 bits per heavy atom. The first kappa shape index (κ1) is 20.5. The predicted octanol–water partition coefficient (Wildman–Crippen LogP) is 1.26. The predicted molar refractivity (Wildman–Crippen MR) is 104 cm³/mol. The number of aliphatic hydroxyl groups excluding tert-OH is 1. The molecular formula is C15H33BO4P2. The summed E-state index contributed by atoms with van der Waals surface area (Å²) in [6.45, 7) is 8.83. The van der Waals surface area contributed by atoms with E-state index in [0.29, 0.717) is 0 Å². The largest absolute Gasteiger partial charge is 0.385 e. The highest BCUT2D eigenvalue weighted by Gasteiger charge is 2.51. The third kappa shape index (κ3) is 4.32. The smallest absolute Gasteiger partial charge is 0.186 e. The fourth-order valence-electron chi connectivity index (χ4n) is 2.44. The molecule has 22 heavy (non-hydrogen) atoms. The number of aliphatic hydroxyl groups is 2. The molecule has 0 aromatic rings. The van der Waals surface area contributed by atoms with Gasteiger partial charge < -0.3 is 19.7 Å². The van der Waals surface area contributed by atoms with Gasteiger partial charge in [-0.25, -0.2) is 0 Å². The van der Waals surface area contributed by atoms with Crippen molar-refractivity contribution >= 4 is 34.9 Å². The molecule has 2 N–H and O–H groups in total. The summed E-state index contributed by atoms with van der Waals surface area (Å²) in [4.78, 5) is 0. The molecule has 0 aliphatic carbocycles. The minimum Gasteiger partial charge on any atom is -0.385 e. The van der Waals surface area contributed by atoms with E-state index in [1.165, 1.54) is 0 Å². The first-order chi connectivity index (χ1) is 9.89. The van der Waals surface area contributed by atoms with Gasteiger partial charge in [0.2, 0.25) is 0 Å². The second-order valence-electron chi connectivity index (χ2n) is 7.18. The Morgan fingerprint density at radius 3 is 2.27 bits per heavy atom. The van der Waals surface area contributed by atoms with E-state index in [9.17, 15) is 10.2 Å². The SMILES string of the molecule is B[C@@H]1O[C@H](OC(C)(C)[PH](=C)CP(=C)(CC)CC)[C@@H](O)[C@@]1(C)O. The summed E-state index contributed by atoms with van der Waals surface area (Å²) in [7, 11) is 0.677. The fourth-order valence-corrected chi connectivity index (χ4v) is 9.72. The van der Waals surface area contributed by atoms with E-state index < -0.39 is 43.8 Å². The lowest BCUT2D eigenvalue weighted by molar-refractivity contribution is -0.188. The molecule has 0 saturated carbocycles. The summed E-state index contributed by atoms with van der Waals surface area (Å²) in [5.41, 5.74) is -1.29. The average molecular weight is 350 g/mol. The maximum Gasteiger partial charge on any atom is 0.186 e. The Kier molecular flexibility index (Phi) is 6.70. The van der Waals surface area contributed by atoms with Gasteiger partial charge in [-0.05, 0) is 39.0 Å². The van der Waals surface area contributed by atoms with Gasteiger partial charge in [0.15, 0.2) is 6.29 Å². The van der Waals surface area contributed by atoms with E-state index >= 15 is 0 Å². The molecule has 0 aromatic carbocycles. The van der Waals surface area contributed by atoms with E-state index in [1.54, 1.807) is 14.8 Å². The average Bonchev–Trinajstić information content (AvgIpc) is 2.61. The summed E-state index contributed by atoms with van der Waals surface area (Å²) in [6, 6.07) is -0.463. The molecule has 0 spiro atoms. The Balaban J connectivity index is 2.80. The van der Waals surface area contributed by atoms with Crippen LogP contribution >= 0.6 is 14.4 Å². The van der Waals surface area contributed by atoms with Gasteiger partial charge in [-0.3, -0.25) is 0 Å². The molecule has 1 saturated heterocycles. The van der Waals surface area contributed by atoms with Crippen molar-refractivity contribution in [1.82, 2.24) is 0 Å². The highest BCUT2D eigenvalue weighted by atomic mass is 31.2. The van der Waals surface area contributed by atoms with Crippen LogP contribution < -0.4 is 0 Å². The van der Waals surface area contributed by atoms with Crippen molar-refractivity contribution in [3.8, 4) is 0 Å². The molecule has 7 heteroatoms. The lowest BCUT2D eigenvalue weighted by Crippen LogP contribution is -2.46. The monoisotopic (exact) mass is 350 g/mol. The van der Waals surface area contributed by atoms with Crippen LogP contribution in [0.25, 0.3) is 0 Å². The van der Waals surface area contributed by atoms with Crippen molar-refractivity contribution < 1.29 is 19.7 Å². The Hall–Kier alpha value is 0.505. The zero-order valence-corrected chi connectivity index (χ0v) is 16.8. The Labute approximate surface area is 137 Å². The second kappa shape index (κ2) is 7.17. The molecule has 1 fully saturated rings. The Bertz CT molecular complexity index is 456. The molecule has 1 aliphatic rings. The number of ether oxygens (including phenoxy) is 2. The molecule has 0 aromatic heterocycles. The van der Waals surface area contributed by atoms with Crippen molar-refractivity contribution in [2.75, 3.05) is 18.2 Å². The molecule has 4 nitrogen and oxygen atoms in total. The summed E-state index contributed by atoms with van der Waals surface area (Å²) in [5, 5.41) is 20.0. The molecule has 0 amide bonds. The normalized spacial score (nSPS) is 34.8. The summed E-state index contributed by atoms with van der Waals surface area (Å²) >= 11 is 0. The molecule has 1 aliphatic heterocycles. The van der Waals surface area contributed by atoms with Crippen LogP contribution in [-0.2, 0) is 9.47 Å². The van der Waals surface area contributed by atoms with Crippen molar-refractivity contribution in [2.45, 2.75) is 64.0 Å². The number of hydrogen-bond acceptors (Lipinski definition) is 4. The lowest BCUT2D eigenvalue weighted by atomic mass is 9.83. The zero-order chi connectivity index (χ0) is 17.3. The molecular weight excluding hydrogens is 317 g/mol. The lowest BCUT2D eigenvalue weighted by Gasteiger charge is -2.36. The van der Waals surface area contributed by atoms with Crippen LogP contribution in [0, 0.1) is 0 Å². The molecule has 1 heterocycles. The van der Waals surface area contributed by atoms with Crippen LogP contribution in [0.4, 0.5) is 0 Å². The molecule has 5 atom stereocenters. The second-order valence-corrected chi connectivity index (χ2v) is 14.8. The van der Waals surface area contributed by atoms with Gasteiger partial charge in [0.05, 0.1) is 11.3 Å². The van der Waals surface area contributed by atoms with Crippen LogP contribution in [0.2, 0.25) is 0 Å². The molecule has 0 bridgehead atoms. The van der Waals surface area contributed by atoms with Gasteiger partial charge in [-0.15, -0.1) is 19.5 Å². The molecule has 1 rings (SSSR count). The summed E-state index contributed by atoms with van der Waals surface area (Å²) in [6.07, 6.45) is 9.23. The quantitative estimate of drug-likeness (QED) is 0.536. The van der Waals surface area contributed by atoms with Crippen LogP contribution in [0.15, 0.2) is 0 Å². The van der Waals surface area contributed by atoms with Crippen molar-refractivity contribution in [1.29, 1.82) is 0 Å². The van der Waals surface area contributed by atoms with E-state index in [-0.39, 0.29) is 0 Å². The van der Waals surface area contributed by atoms with Crippen molar-refractivity contribution in [3.05, 3.63) is 0 Å². The van der Waals surface area contributed by atoms with E-state index in [1.807, 2.05) is 13.8 Å². The van der Waals surface area contributed by atoms with Gasteiger partial charge in [0, 0.05) is 0 Å². The van der Waals surface area contributed by atoms with E-state index in [4.69, 9.17) is 9.47 Å². The number of rotatable bonds is 7. The standard InChI is InChI=1S/C15H33BO4P2/c1-8-22(7,9-2)10-21(6)14(3,4)20-12-11(17)15(5,18)13(16)19-12/h11-13,17-18,21H,6-10,16H2,1-5H3/t11-,12-,13-,15-/m1/s1. The Morgan fingerprint density at radius 1 is 1.41 bits per heavy atom. The molecule has 1 unspecified atom stereocenters. The third-order valence-electron chi connectivity index (χ3n) is 5.15. The van der Waals surface area contributed by atoms with Gasteiger partial charge in [-0.1, -0.05) is 21.4 Å². The summed E-state index contributed by atoms with van der Waals surface area (Å²) < 4.78 is 11.7. The van der Waals surface area contributed by atoms with Crippen molar-refractivity contribution in [3.63, 3.8) is 0 Å². The first-order valence-electron chi connectivity index (χ1n) is 8.02. The third-order valence-corrected chi connectivity index (χ3v) is 13.9. The molecule has 0 radical (unpaired) electrons. The van der Waals surface area contributed by atoms with Gasteiger partial charge >= 0.3 is 0 Å². The van der Waals surface area contributed by atoms with Crippen LogP contribution in [0.3, 0.4) is 0 Å². The van der Waals surface area contributed by atoms with Crippen LogP contribution in [0.1, 0.15) is 34.6 Å². The minimum absolute atomic E-state index is 0.455. The van der Waals surface area contributed by atoms with E-state index in [2.05, 4.69) is 26.4 Å². The maximum atomic E-state index is 10.2. The maximum absolute atomic E-state index is 10.2. The van der Waals surface area contributed by atoms with Crippen LogP contribution in [-0.4, -0.2) is 78.2 Å². The van der Waals surface area contributed by atoms with E-state index in [0.717, 1.165) is 18.2 Å². The fraction of sp³-hybridized carbons (Fsp3) is 0.867. The van der Waals surface area contributed by atoms with Gasteiger partial charge in [0.25, 0.3) is 0 Å². The van der Waals surface area contributed by atoms with Crippen molar-refractivity contribution in [2.24, 2.45) is 0 Å². The summed E-state index contributed by atoms with van der Waals surface area (Å²) in [5.74, 6) is 1.05. The topological polar surface area (TPSA) is 58.9 Å². The van der Waals surface area contributed by atoms with Gasteiger partial charge in [-0.2, -0.15) is 0 Å².